The molecule has 8 nitrogen and oxygen atoms in total. The van der Waals surface area contributed by atoms with Crippen LogP contribution in [0.2, 0.25) is 0 Å². The van der Waals surface area contributed by atoms with Crippen molar-refractivity contribution in [3.63, 3.8) is 0 Å². The summed E-state index contributed by atoms with van der Waals surface area (Å²) in [5.41, 5.74) is -0.332. The van der Waals surface area contributed by atoms with E-state index in [0.29, 0.717) is 0 Å². The maximum absolute atomic E-state index is 12.4. The van der Waals surface area contributed by atoms with E-state index in [-0.39, 0.29) is 13.1 Å². The Hall–Kier alpha value is -3.16. The summed E-state index contributed by atoms with van der Waals surface area (Å²) in [6, 6.07) is 10.1. The van der Waals surface area contributed by atoms with Crippen LogP contribution in [0.4, 0.5) is 0 Å². The maximum Gasteiger partial charge on any atom is 0.331 e. The molecule has 0 aliphatic heterocycles. The fourth-order valence-corrected chi connectivity index (χ4v) is 2.18. The molecule has 126 valence electrons. The van der Waals surface area contributed by atoms with E-state index in [9.17, 15) is 19.2 Å². The zero-order chi connectivity index (χ0) is 17.7. The van der Waals surface area contributed by atoms with Crippen molar-refractivity contribution >= 4 is 11.9 Å². The fourth-order valence-electron chi connectivity index (χ4n) is 2.18. The first-order chi connectivity index (χ1) is 11.4. The monoisotopic (exact) mass is 331 g/mol. The van der Waals surface area contributed by atoms with Gasteiger partial charge in [-0.1, -0.05) is 30.3 Å². The van der Waals surface area contributed by atoms with E-state index in [2.05, 4.69) is 0 Å². The molecule has 0 saturated heterocycles. The highest BCUT2D eigenvalue weighted by Crippen LogP contribution is 2.05. The summed E-state index contributed by atoms with van der Waals surface area (Å²) in [5, 5.41) is 9.00. The smallest absolute Gasteiger partial charge is 0.331 e. The van der Waals surface area contributed by atoms with Crippen LogP contribution in [0.5, 0.6) is 0 Å². The lowest BCUT2D eigenvalue weighted by Gasteiger charge is -2.21. The highest BCUT2D eigenvalue weighted by atomic mass is 16.4. The average molecular weight is 331 g/mol. The number of hydrogen-bond donors (Lipinski definition) is 1. The number of nitrogens with zero attached hydrogens (tertiary/aromatic N) is 3. The van der Waals surface area contributed by atoms with Crippen LogP contribution in [0.15, 0.2) is 52.2 Å². The van der Waals surface area contributed by atoms with Crippen molar-refractivity contribution < 1.29 is 14.7 Å². The molecule has 8 heteroatoms. The van der Waals surface area contributed by atoms with Crippen LogP contribution >= 0.6 is 0 Å². The molecular weight excluding hydrogens is 314 g/mol. The molecular formula is C16H17N3O5. The van der Waals surface area contributed by atoms with Gasteiger partial charge in [-0.2, -0.15) is 0 Å². The second kappa shape index (κ2) is 7.40. The number of hydrogen-bond acceptors (Lipinski definition) is 4. The number of carboxylic acid groups (broad SMARTS) is 1. The van der Waals surface area contributed by atoms with Gasteiger partial charge >= 0.3 is 11.7 Å². The minimum absolute atomic E-state index is 0.118. The van der Waals surface area contributed by atoms with E-state index >= 15 is 0 Å². The largest absolute Gasteiger partial charge is 0.480 e. The van der Waals surface area contributed by atoms with Gasteiger partial charge in [-0.15, -0.1) is 0 Å². The van der Waals surface area contributed by atoms with Crippen LogP contribution in [-0.4, -0.2) is 37.6 Å². The Morgan fingerprint density at radius 2 is 1.79 bits per heavy atom. The van der Waals surface area contributed by atoms with Gasteiger partial charge in [0.2, 0.25) is 5.91 Å². The van der Waals surface area contributed by atoms with E-state index < -0.39 is 29.7 Å². The first-order valence-corrected chi connectivity index (χ1v) is 7.18. The lowest BCUT2D eigenvalue weighted by Crippen LogP contribution is -2.42. The van der Waals surface area contributed by atoms with E-state index in [0.717, 1.165) is 19.6 Å². The first-order valence-electron chi connectivity index (χ1n) is 7.18. The van der Waals surface area contributed by atoms with Crippen LogP contribution in [0.25, 0.3) is 0 Å². The van der Waals surface area contributed by atoms with Crippen molar-refractivity contribution in [2.75, 3.05) is 6.54 Å². The Morgan fingerprint density at radius 1 is 1.12 bits per heavy atom. The molecule has 2 aromatic rings. The minimum Gasteiger partial charge on any atom is -0.480 e. The summed E-state index contributed by atoms with van der Waals surface area (Å²) in [5.74, 6) is -1.67. The topological polar surface area (TPSA) is 102 Å². The number of aromatic nitrogens is 2. The van der Waals surface area contributed by atoms with Gasteiger partial charge in [0.15, 0.2) is 0 Å². The molecule has 0 saturated carbocycles. The fraction of sp³-hybridized carbons (Fsp3) is 0.250. The molecule has 0 bridgehead atoms. The van der Waals surface area contributed by atoms with Crippen molar-refractivity contribution in [3.8, 4) is 0 Å². The third-order valence-corrected chi connectivity index (χ3v) is 3.46. The Kier molecular flexibility index (Phi) is 5.31. The molecule has 0 unspecified atom stereocenters. The van der Waals surface area contributed by atoms with Crippen molar-refractivity contribution in [1.29, 1.82) is 0 Å². The number of carbonyl (C=O) groups is 2. The van der Waals surface area contributed by atoms with Gasteiger partial charge in [0.25, 0.3) is 5.56 Å². The quantitative estimate of drug-likeness (QED) is 0.780. The van der Waals surface area contributed by atoms with Crippen LogP contribution in [0, 0.1) is 0 Å². The molecule has 1 aromatic heterocycles. The van der Waals surface area contributed by atoms with Crippen molar-refractivity contribution in [2.45, 2.75) is 13.1 Å². The van der Waals surface area contributed by atoms with Crippen molar-refractivity contribution in [1.82, 2.24) is 14.0 Å². The van der Waals surface area contributed by atoms with Crippen molar-refractivity contribution in [2.24, 2.45) is 7.05 Å². The predicted octanol–water partition coefficient (Wildman–Crippen LogP) is -0.340. The van der Waals surface area contributed by atoms with Gasteiger partial charge in [0, 0.05) is 25.9 Å². The number of rotatable bonds is 6. The number of amides is 1. The van der Waals surface area contributed by atoms with Gasteiger partial charge in [-0.25, -0.2) is 4.79 Å². The molecule has 0 radical (unpaired) electrons. The SMILES string of the molecule is Cn1c(=O)ccn(CC(=O)N(CC(=O)O)Cc2ccccc2)c1=O. The number of benzene rings is 1. The Bertz CT molecular complexity index is 854. The number of carbonyl (C=O) groups excluding carboxylic acids is 1. The van der Waals surface area contributed by atoms with Gasteiger partial charge in [-0.3, -0.25) is 23.5 Å². The summed E-state index contributed by atoms with van der Waals surface area (Å²) >= 11 is 0. The molecule has 2 rings (SSSR count). The van der Waals surface area contributed by atoms with E-state index in [1.54, 1.807) is 24.3 Å². The Morgan fingerprint density at radius 3 is 2.42 bits per heavy atom. The van der Waals surface area contributed by atoms with E-state index in [1.807, 2.05) is 6.07 Å². The third-order valence-electron chi connectivity index (χ3n) is 3.46. The molecule has 1 heterocycles. The zero-order valence-electron chi connectivity index (χ0n) is 13.1. The molecule has 0 aliphatic carbocycles. The standard InChI is InChI=1S/C16H17N3O5/c1-17-13(20)7-8-18(16(17)24)10-14(21)19(11-15(22)23)9-12-5-3-2-4-6-12/h2-8H,9-11H2,1H3,(H,22,23). The van der Waals surface area contributed by atoms with Crippen LogP contribution < -0.4 is 11.2 Å². The molecule has 24 heavy (non-hydrogen) atoms. The van der Waals surface area contributed by atoms with Gasteiger partial charge in [-0.05, 0) is 5.56 Å². The van der Waals surface area contributed by atoms with Crippen LogP contribution in [0.1, 0.15) is 5.56 Å². The first kappa shape index (κ1) is 17.2. The predicted molar refractivity (Wildman–Crippen MR) is 85.4 cm³/mol. The Balaban J connectivity index is 2.22. The zero-order valence-corrected chi connectivity index (χ0v) is 13.1. The van der Waals surface area contributed by atoms with Gasteiger partial charge in [0.05, 0.1) is 0 Å². The molecule has 1 aromatic carbocycles. The Labute approximate surface area is 137 Å². The number of carboxylic acids is 1. The lowest BCUT2D eigenvalue weighted by molar-refractivity contribution is -0.145. The van der Waals surface area contributed by atoms with E-state index in [1.165, 1.54) is 19.3 Å². The van der Waals surface area contributed by atoms with Crippen LogP contribution in [0.3, 0.4) is 0 Å². The van der Waals surface area contributed by atoms with Crippen molar-refractivity contribution in [3.05, 3.63) is 69.0 Å². The number of aliphatic carboxylic acids is 1. The van der Waals surface area contributed by atoms with E-state index in [4.69, 9.17) is 5.11 Å². The average Bonchev–Trinajstić information content (AvgIpc) is 2.55. The normalized spacial score (nSPS) is 10.4. The molecule has 1 amide bonds. The summed E-state index contributed by atoms with van der Waals surface area (Å²) in [6.07, 6.45) is 1.23. The van der Waals surface area contributed by atoms with Gasteiger partial charge in [0.1, 0.15) is 13.1 Å². The second-order valence-corrected chi connectivity index (χ2v) is 5.25. The second-order valence-electron chi connectivity index (χ2n) is 5.25. The molecule has 0 atom stereocenters. The lowest BCUT2D eigenvalue weighted by atomic mass is 10.2. The van der Waals surface area contributed by atoms with Crippen LogP contribution in [-0.2, 0) is 29.7 Å². The minimum atomic E-state index is -1.15. The summed E-state index contributed by atoms with van der Waals surface area (Å²) in [6.45, 7) is -0.701. The highest BCUT2D eigenvalue weighted by molar-refractivity contribution is 5.81. The summed E-state index contributed by atoms with van der Waals surface area (Å²) in [4.78, 5) is 47.9. The summed E-state index contributed by atoms with van der Waals surface area (Å²) < 4.78 is 1.95. The third kappa shape index (κ3) is 4.19. The summed E-state index contributed by atoms with van der Waals surface area (Å²) in [7, 11) is 1.31. The van der Waals surface area contributed by atoms with Gasteiger partial charge < -0.3 is 10.0 Å². The molecule has 0 spiro atoms. The molecule has 0 aliphatic rings. The molecule has 1 N–H and O–H groups in total. The maximum atomic E-state index is 12.4. The highest BCUT2D eigenvalue weighted by Gasteiger charge is 2.18. The molecule has 0 fully saturated rings.